The minimum Gasteiger partial charge on any atom is -0.378 e. The monoisotopic (exact) mass is 409 g/mol. The molecule has 2 saturated heterocycles. The molecule has 2 aliphatic heterocycles. The molecule has 30 heavy (non-hydrogen) atoms. The van der Waals surface area contributed by atoms with Crippen LogP contribution >= 0.6 is 0 Å². The van der Waals surface area contributed by atoms with Crippen molar-refractivity contribution in [1.82, 2.24) is 24.9 Å². The van der Waals surface area contributed by atoms with Gasteiger partial charge in [-0.15, -0.1) is 0 Å². The normalized spacial score (nSPS) is 18.7. The molecule has 160 valence electrons. The van der Waals surface area contributed by atoms with E-state index in [2.05, 4.69) is 39.9 Å². The highest BCUT2D eigenvalue weighted by Gasteiger charge is 2.20. The van der Waals surface area contributed by atoms with Crippen molar-refractivity contribution in [2.45, 2.75) is 26.4 Å². The topological polar surface area (TPSA) is 61.8 Å². The molecule has 2 aromatic rings. The number of aromatic nitrogens is 2. The first-order valence-electron chi connectivity index (χ1n) is 10.9. The Balaban J connectivity index is 1.34. The quantitative estimate of drug-likeness (QED) is 0.754. The fraction of sp³-hybridized carbons (Fsp3) is 0.522. The number of piperazine rings is 1. The van der Waals surface area contributed by atoms with Gasteiger partial charge in [0.1, 0.15) is 0 Å². The first kappa shape index (κ1) is 20.9. The molecule has 7 heteroatoms. The van der Waals surface area contributed by atoms with Gasteiger partial charge in [-0.25, -0.2) is 0 Å². The Morgan fingerprint density at radius 3 is 2.23 bits per heavy atom. The summed E-state index contributed by atoms with van der Waals surface area (Å²) in [6.07, 6.45) is 0. The fourth-order valence-corrected chi connectivity index (χ4v) is 4.00. The number of benzene rings is 1. The molecule has 1 aromatic carbocycles. The van der Waals surface area contributed by atoms with Crippen LogP contribution in [0.5, 0.6) is 0 Å². The Morgan fingerprint density at radius 1 is 0.933 bits per heavy atom. The standard InChI is InChI=1S/C23H31N5O2/c1-18(2)27-11-9-26(10-12-27)17-21-7-8-22(25-24-21)19-3-5-20(6-4-19)23(29)28-13-15-30-16-14-28/h3-8,18H,9-17H2,1-2H3. The van der Waals surface area contributed by atoms with E-state index < -0.39 is 0 Å². The number of nitrogens with zero attached hydrogens (tertiary/aromatic N) is 5. The zero-order chi connectivity index (χ0) is 20.9. The van der Waals surface area contributed by atoms with Gasteiger partial charge in [0.2, 0.25) is 0 Å². The lowest BCUT2D eigenvalue weighted by molar-refractivity contribution is 0.0303. The van der Waals surface area contributed by atoms with Gasteiger partial charge in [0.15, 0.2) is 0 Å². The molecular formula is C23H31N5O2. The average Bonchev–Trinajstić information content (AvgIpc) is 2.80. The summed E-state index contributed by atoms with van der Waals surface area (Å²) in [7, 11) is 0. The van der Waals surface area contributed by atoms with Gasteiger partial charge < -0.3 is 9.64 Å². The molecule has 0 radical (unpaired) electrons. The third kappa shape index (κ3) is 5.03. The minimum absolute atomic E-state index is 0.0591. The van der Waals surface area contributed by atoms with Crippen molar-refractivity contribution in [3.05, 3.63) is 47.7 Å². The van der Waals surface area contributed by atoms with Crippen LogP contribution in [0.15, 0.2) is 36.4 Å². The molecule has 4 rings (SSSR count). The highest BCUT2D eigenvalue weighted by molar-refractivity contribution is 5.94. The van der Waals surface area contributed by atoms with E-state index in [9.17, 15) is 4.79 Å². The van der Waals surface area contributed by atoms with Crippen LogP contribution in [-0.4, -0.2) is 89.3 Å². The summed E-state index contributed by atoms with van der Waals surface area (Å²) in [5, 5.41) is 8.86. The molecule has 3 heterocycles. The van der Waals surface area contributed by atoms with Gasteiger partial charge in [-0.2, -0.15) is 10.2 Å². The molecule has 0 bridgehead atoms. The molecule has 0 unspecified atom stereocenters. The summed E-state index contributed by atoms with van der Waals surface area (Å²) < 4.78 is 5.32. The molecule has 7 nitrogen and oxygen atoms in total. The number of hydrogen-bond acceptors (Lipinski definition) is 6. The van der Waals surface area contributed by atoms with Crippen molar-refractivity contribution in [2.24, 2.45) is 0 Å². The first-order valence-corrected chi connectivity index (χ1v) is 10.9. The van der Waals surface area contributed by atoms with Gasteiger partial charge >= 0.3 is 0 Å². The maximum atomic E-state index is 12.6. The molecule has 0 atom stereocenters. The van der Waals surface area contributed by atoms with Crippen molar-refractivity contribution in [1.29, 1.82) is 0 Å². The maximum Gasteiger partial charge on any atom is 0.254 e. The number of hydrogen-bond donors (Lipinski definition) is 0. The van der Waals surface area contributed by atoms with Gasteiger partial charge in [0.25, 0.3) is 5.91 Å². The van der Waals surface area contributed by atoms with E-state index in [0.29, 0.717) is 37.9 Å². The van der Waals surface area contributed by atoms with Crippen molar-refractivity contribution in [2.75, 3.05) is 52.5 Å². The van der Waals surface area contributed by atoms with E-state index in [0.717, 1.165) is 49.7 Å². The molecule has 0 saturated carbocycles. The van der Waals surface area contributed by atoms with Crippen molar-refractivity contribution >= 4 is 5.91 Å². The highest BCUT2D eigenvalue weighted by Crippen LogP contribution is 2.19. The summed E-state index contributed by atoms with van der Waals surface area (Å²) in [5.74, 6) is 0.0591. The van der Waals surface area contributed by atoms with E-state index >= 15 is 0 Å². The Hall–Kier alpha value is -2.35. The number of rotatable bonds is 5. The third-order valence-corrected chi connectivity index (χ3v) is 5.97. The van der Waals surface area contributed by atoms with Gasteiger partial charge in [0.05, 0.1) is 24.6 Å². The molecule has 2 fully saturated rings. The fourth-order valence-electron chi connectivity index (χ4n) is 4.00. The first-order chi connectivity index (χ1) is 14.6. The zero-order valence-electron chi connectivity index (χ0n) is 18.0. The summed E-state index contributed by atoms with van der Waals surface area (Å²) in [6, 6.07) is 12.3. The van der Waals surface area contributed by atoms with E-state index in [-0.39, 0.29) is 5.91 Å². The van der Waals surface area contributed by atoms with Crippen LogP contribution in [0.4, 0.5) is 0 Å². The molecule has 0 aliphatic carbocycles. The van der Waals surface area contributed by atoms with Crippen LogP contribution in [-0.2, 0) is 11.3 Å². The molecule has 1 amide bonds. The highest BCUT2D eigenvalue weighted by atomic mass is 16.5. The number of carbonyl (C=O) groups is 1. The summed E-state index contributed by atoms with van der Waals surface area (Å²) in [4.78, 5) is 19.4. The predicted octanol–water partition coefficient (Wildman–Crippen LogP) is 2.14. The summed E-state index contributed by atoms with van der Waals surface area (Å²) in [6.45, 7) is 12.2. The van der Waals surface area contributed by atoms with Gasteiger partial charge in [0, 0.05) is 63.0 Å². The molecule has 1 aromatic heterocycles. The molecular weight excluding hydrogens is 378 g/mol. The summed E-state index contributed by atoms with van der Waals surface area (Å²) in [5.41, 5.74) is 3.49. The third-order valence-electron chi connectivity index (χ3n) is 5.97. The van der Waals surface area contributed by atoms with Gasteiger partial charge in [-0.1, -0.05) is 12.1 Å². The maximum absolute atomic E-state index is 12.6. The van der Waals surface area contributed by atoms with Crippen molar-refractivity contribution < 1.29 is 9.53 Å². The number of ether oxygens (including phenoxy) is 1. The SMILES string of the molecule is CC(C)N1CCN(Cc2ccc(-c3ccc(C(=O)N4CCOCC4)cc3)nn2)CC1. The Bertz CT molecular complexity index is 824. The van der Waals surface area contributed by atoms with Crippen LogP contribution in [0.2, 0.25) is 0 Å². The van der Waals surface area contributed by atoms with Gasteiger partial charge in [-0.05, 0) is 38.1 Å². The van der Waals surface area contributed by atoms with Crippen molar-refractivity contribution in [3.63, 3.8) is 0 Å². The lowest BCUT2D eigenvalue weighted by Crippen LogP contribution is -2.48. The second-order valence-corrected chi connectivity index (χ2v) is 8.30. The van der Waals surface area contributed by atoms with Crippen LogP contribution < -0.4 is 0 Å². The molecule has 0 spiro atoms. The summed E-state index contributed by atoms with van der Waals surface area (Å²) >= 11 is 0. The molecule has 2 aliphatic rings. The van der Waals surface area contributed by atoms with Crippen LogP contribution in [0, 0.1) is 0 Å². The predicted molar refractivity (Wildman–Crippen MR) is 116 cm³/mol. The Kier molecular flexibility index (Phi) is 6.72. The number of carbonyl (C=O) groups excluding carboxylic acids is 1. The Morgan fingerprint density at radius 2 is 1.63 bits per heavy atom. The second-order valence-electron chi connectivity index (χ2n) is 8.30. The lowest BCUT2D eigenvalue weighted by Gasteiger charge is -2.36. The number of morpholine rings is 1. The average molecular weight is 410 g/mol. The van der Waals surface area contributed by atoms with Crippen molar-refractivity contribution in [3.8, 4) is 11.3 Å². The molecule has 0 N–H and O–H groups in total. The van der Waals surface area contributed by atoms with Crippen LogP contribution in [0.25, 0.3) is 11.3 Å². The van der Waals surface area contributed by atoms with E-state index in [4.69, 9.17) is 4.74 Å². The lowest BCUT2D eigenvalue weighted by atomic mass is 10.1. The Labute approximate surface area is 178 Å². The second kappa shape index (κ2) is 9.64. The van der Waals surface area contributed by atoms with E-state index in [1.165, 1.54) is 0 Å². The smallest absolute Gasteiger partial charge is 0.254 e. The largest absolute Gasteiger partial charge is 0.378 e. The van der Waals surface area contributed by atoms with E-state index in [1.54, 1.807) is 0 Å². The van der Waals surface area contributed by atoms with Crippen LogP contribution in [0.3, 0.4) is 0 Å². The van der Waals surface area contributed by atoms with Crippen LogP contribution in [0.1, 0.15) is 29.9 Å². The minimum atomic E-state index is 0.0591. The zero-order valence-corrected chi connectivity index (χ0v) is 18.0. The van der Waals surface area contributed by atoms with E-state index in [1.807, 2.05) is 35.2 Å². The van der Waals surface area contributed by atoms with Gasteiger partial charge in [-0.3, -0.25) is 14.6 Å². The number of amides is 1.